The van der Waals surface area contributed by atoms with Gasteiger partial charge >= 0.3 is 0 Å². The maximum Gasteiger partial charge on any atom is 0.214 e. The summed E-state index contributed by atoms with van der Waals surface area (Å²) in [5, 5.41) is 8.89. The summed E-state index contributed by atoms with van der Waals surface area (Å²) in [7, 11) is 0. The SMILES string of the molecule is N#Cc1nc2cncc3c2n1CC=C3. The second-order valence-corrected chi connectivity index (χ2v) is 3.16. The van der Waals surface area contributed by atoms with Crippen LogP contribution in [0.2, 0.25) is 0 Å². The van der Waals surface area contributed by atoms with Crippen molar-refractivity contribution in [3.8, 4) is 6.07 Å². The predicted octanol–water partition coefficient (Wildman–Crippen LogP) is 1.33. The van der Waals surface area contributed by atoms with Gasteiger partial charge in [0.25, 0.3) is 0 Å². The van der Waals surface area contributed by atoms with Gasteiger partial charge in [0.1, 0.15) is 11.6 Å². The molecular formula is C10H6N4. The molecule has 0 atom stereocenters. The molecule has 0 unspecified atom stereocenters. The van der Waals surface area contributed by atoms with E-state index in [0.29, 0.717) is 5.82 Å². The Kier molecular flexibility index (Phi) is 1.26. The molecule has 66 valence electrons. The molecule has 0 aliphatic carbocycles. The van der Waals surface area contributed by atoms with Crippen molar-refractivity contribution >= 4 is 17.1 Å². The van der Waals surface area contributed by atoms with E-state index in [2.05, 4.69) is 16.0 Å². The van der Waals surface area contributed by atoms with Gasteiger partial charge in [-0.2, -0.15) is 5.26 Å². The molecule has 4 nitrogen and oxygen atoms in total. The molecule has 0 bridgehead atoms. The Labute approximate surface area is 80.1 Å². The molecule has 0 saturated heterocycles. The van der Waals surface area contributed by atoms with Crippen LogP contribution in [0.1, 0.15) is 11.4 Å². The topological polar surface area (TPSA) is 54.5 Å². The predicted molar refractivity (Wildman–Crippen MR) is 51.3 cm³/mol. The van der Waals surface area contributed by atoms with Gasteiger partial charge in [-0.25, -0.2) is 4.98 Å². The van der Waals surface area contributed by atoms with E-state index in [9.17, 15) is 0 Å². The minimum atomic E-state index is 0.457. The van der Waals surface area contributed by atoms with Crippen LogP contribution in [-0.2, 0) is 6.54 Å². The lowest BCUT2D eigenvalue weighted by atomic mass is 10.2. The van der Waals surface area contributed by atoms with E-state index in [0.717, 1.165) is 23.1 Å². The number of nitriles is 1. The molecule has 0 fully saturated rings. The monoisotopic (exact) mass is 182 g/mol. The van der Waals surface area contributed by atoms with Crippen molar-refractivity contribution in [2.45, 2.75) is 6.54 Å². The zero-order valence-electron chi connectivity index (χ0n) is 7.31. The molecule has 0 N–H and O–H groups in total. The highest BCUT2D eigenvalue weighted by Gasteiger charge is 2.14. The van der Waals surface area contributed by atoms with Crippen LogP contribution in [0.3, 0.4) is 0 Å². The summed E-state index contributed by atoms with van der Waals surface area (Å²) < 4.78 is 1.91. The molecule has 3 rings (SSSR count). The van der Waals surface area contributed by atoms with Crippen molar-refractivity contribution in [2.75, 3.05) is 0 Å². The Morgan fingerprint density at radius 2 is 2.36 bits per heavy atom. The first kappa shape index (κ1) is 7.27. The molecule has 2 aromatic heterocycles. The Morgan fingerprint density at radius 1 is 1.43 bits per heavy atom. The van der Waals surface area contributed by atoms with Gasteiger partial charge in [-0.1, -0.05) is 12.2 Å². The molecule has 0 aromatic carbocycles. The maximum atomic E-state index is 8.89. The molecule has 14 heavy (non-hydrogen) atoms. The van der Waals surface area contributed by atoms with Crippen LogP contribution in [0.25, 0.3) is 17.1 Å². The van der Waals surface area contributed by atoms with Gasteiger partial charge in [0.15, 0.2) is 0 Å². The number of nitrogens with zero attached hydrogens (tertiary/aromatic N) is 4. The summed E-state index contributed by atoms with van der Waals surface area (Å²) >= 11 is 0. The first-order chi connectivity index (χ1) is 6.90. The van der Waals surface area contributed by atoms with Crippen LogP contribution in [0.5, 0.6) is 0 Å². The third-order valence-electron chi connectivity index (χ3n) is 2.36. The summed E-state index contributed by atoms with van der Waals surface area (Å²) in [6.45, 7) is 0.719. The average Bonchev–Trinajstić information content (AvgIpc) is 2.60. The van der Waals surface area contributed by atoms with Crippen LogP contribution in [0, 0.1) is 11.3 Å². The Hall–Kier alpha value is -2.15. The summed E-state index contributed by atoms with van der Waals surface area (Å²) in [4.78, 5) is 8.27. The zero-order chi connectivity index (χ0) is 9.54. The van der Waals surface area contributed by atoms with Gasteiger partial charge in [0.2, 0.25) is 5.82 Å². The fraction of sp³-hybridized carbons (Fsp3) is 0.100. The molecular weight excluding hydrogens is 176 g/mol. The number of hydrogen-bond acceptors (Lipinski definition) is 3. The highest BCUT2D eigenvalue weighted by molar-refractivity contribution is 5.86. The van der Waals surface area contributed by atoms with E-state index >= 15 is 0 Å². The van der Waals surface area contributed by atoms with Crippen LogP contribution in [-0.4, -0.2) is 14.5 Å². The van der Waals surface area contributed by atoms with Gasteiger partial charge < -0.3 is 4.57 Å². The Balaban J connectivity index is 2.54. The lowest BCUT2D eigenvalue weighted by molar-refractivity contribution is 0.826. The standard InChI is InChI=1S/C10H6N4/c11-4-9-13-8-6-12-5-7-2-1-3-14(9)10(7)8/h1-2,5-6H,3H2. The second-order valence-electron chi connectivity index (χ2n) is 3.16. The van der Waals surface area contributed by atoms with E-state index < -0.39 is 0 Å². The summed E-state index contributed by atoms with van der Waals surface area (Å²) in [5.74, 6) is 0.457. The fourth-order valence-corrected chi connectivity index (χ4v) is 1.78. The fourth-order valence-electron chi connectivity index (χ4n) is 1.78. The molecule has 0 saturated carbocycles. The highest BCUT2D eigenvalue weighted by Crippen LogP contribution is 2.23. The first-order valence-electron chi connectivity index (χ1n) is 4.31. The zero-order valence-corrected chi connectivity index (χ0v) is 7.31. The molecule has 0 amide bonds. The van der Waals surface area contributed by atoms with Crippen molar-refractivity contribution in [1.29, 1.82) is 5.26 Å². The molecule has 4 heteroatoms. The Bertz CT molecular complexity index is 586. The van der Waals surface area contributed by atoms with Gasteiger partial charge in [-0.05, 0) is 0 Å². The summed E-state index contributed by atoms with van der Waals surface area (Å²) in [5.41, 5.74) is 2.84. The third-order valence-corrected chi connectivity index (χ3v) is 2.36. The largest absolute Gasteiger partial charge is 0.311 e. The normalized spacial score (nSPS) is 13.1. The average molecular weight is 182 g/mol. The number of aromatic nitrogens is 3. The van der Waals surface area contributed by atoms with Crippen molar-refractivity contribution < 1.29 is 0 Å². The second kappa shape index (κ2) is 2.42. The van der Waals surface area contributed by atoms with Crippen LogP contribution in [0.15, 0.2) is 18.5 Å². The number of pyridine rings is 1. The van der Waals surface area contributed by atoms with E-state index in [1.807, 2.05) is 16.7 Å². The first-order valence-corrected chi connectivity index (χ1v) is 4.31. The maximum absolute atomic E-state index is 8.89. The van der Waals surface area contributed by atoms with Crippen molar-refractivity contribution in [1.82, 2.24) is 14.5 Å². The smallest absolute Gasteiger partial charge is 0.214 e. The quantitative estimate of drug-likeness (QED) is 0.617. The van der Waals surface area contributed by atoms with E-state index in [1.165, 1.54) is 0 Å². The third kappa shape index (κ3) is 0.761. The molecule has 0 spiro atoms. The molecule has 3 heterocycles. The minimum Gasteiger partial charge on any atom is -0.311 e. The molecule has 2 aromatic rings. The number of allylic oxidation sites excluding steroid dienone is 1. The van der Waals surface area contributed by atoms with Gasteiger partial charge in [-0.3, -0.25) is 4.98 Å². The lowest BCUT2D eigenvalue weighted by Crippen LogP contribution is -2.02. The Morgan fingerprint density at radius 3 is 3.21 bits per heavy atom. The molecule has 1 aliphatic rings. The number of hydrogen-bond donors (Lipinski definition) is 0. The minimum absolute atomic E-state index is 0.457. The number of imidazole rings is 1. The van der Waals surface area contributed by atoms with Gasteiger partial charge in [-0.15, -0.1) is 0 Å². The van der Waals surface area contributed by atoms with E-state index in [1.54, 1.807) is 12.4 Å². The van der Waals surface area contributed by atoms with E-state index in [4.69, 9.17) is 5.26 Å². The number of rotatable bonds is 0. The highest BCUT2D eigenvalue weighted by atomic mass is 15.1. The summed E-state index contributed by atoms with van der Waals surface area (Å²) in [6, 6.07) is 2.09. The summed E-state index contributed by atoms with van der Waals surface area (Å²) in [6.07, 6.45) is 7.50. The van der Waals surface area contributed by atoms with Crippen molar-refractivity contribution in [3.05, 3.63) is 29.9 Å². The van der Waals surface area contributed by atoms with Gasteiger partial charge in [0, 0.05) is 18.3 Å². The van der Waals surface area contributed by atoms with Crippen LogP contribution >= 0.6 is 0 Å². The van der Waals surface area contributed by atoms with Crippen molar-refractivity contribution in [2.24, 2.45) is 0 Å². The molecule has 1 aliphatic heterocycles. The van der Waals surface area contributed by atoms with Gasteiger partial charge in [0.05, 0.1) is 11.7 Å². The lowest BCUT2D eigenvalue weighted by Gasteiger charge is -2.08. The van der Waals surface area contributed by atoms with Crippen molar-refractivity contribution in [3.63, 3.8) is 0 Å². The molecule has 0 radical (unpaired) electrons. The van der Waals surface area contributed by atoms with Crippen LogP contribution < -0.4 is 0 Å². The van der Waals surface area contributed by atoms with E-state index in [-0.39, 0.29) is 0 Å². The van der Waals surface area contributed by atoms with Crippen LogP contribution in [0.4, 0.5) is 0 Å².